The molecule has 6 heteroatoms. The number of rotatable bonds is 6. The number of carbonyl (C=O) groups is 2. The molecule has 0 bridgehead atoms. The molecule has 0 aliphatic heterocycles. The van der Waals surface area contributed by atoms with Gasteiger partial charge >= 0.3 is 5.97 Å². The Morgan fingerprint density at radius 3 is 2.62 bits per heavy atom. The fourth-order valence-corrected chi connectivity index (χ4v) is 1.79. The summed E-state index contributed by atoms with van der Waals surface area (Å²) in [4.78, 5) is 25.1. The van der Waals surface area contributed by atoms with E-state index in [1.54, 1.807) is 30.1 Å². The molecule has 0 heterocycles. The number of esters is 1. The highest BCUT2D eigenvalue weighted by Gasteiger charge is 2.13. The zero-order chi connectivity index (χ0) is 16.0. The molecule has 0 fully saturated rings. The largest absolute Gasteiger partial charge is 0.465 e. The quantitative estimate of drug-likeness (QED) is 0.609. The molecule has 3 N–H and O–H groups in total. The van der Waals surface area contributed by atoms with Crippen molar-refractivity contribution in [2.45, 2.75) is 13.8 Å². The maximum absolute atomic E-state index is 11.8. The van der Waals surface area contributed by atoms with E-state index in [1.165, 1.54) is 7.11 Å². The van der Waals surface area contributed by atoms with Crippen LogP contribution in [0.1, 0.15) is 24.2 Å². The summed E-state index contributed by atoms with van der Waals surface area (Å²) in [6, 6.07) is 4.85. The Morgan fingerprint density at radius 2 is 2.05 bits per heavy atom. The zero-order valence-electron chi connectivity index (χ0n) is 13.0. The molecule has 0 aromatic heterocycles. The second-order valence-corrected chi connectivity index (χ2v) is 5.32. The summed E-state index contributed by atoms with van der Waals surface area (Å²) in [6.45, 7) is 4.86. The van der Waals surface area contributed by atoms with E-state index in [9.17, 15) is 9.59 Å². The standard InChI is InChI=1S/C15H23N3O3/c1-10(2)8-17-14(19)9-18(3)13-7-11(15(20)21-4)5-6-12(13)16/h5-7,10H,8-9,16H2,1-4H3,(H,17,19). The van der Waals surface area contributed by atoms with Crippen LogP contribution in [0.5, 0.6) is 0 Å². The number of methoxy groups -OCH3 is 1. The van der Waals surface area contributed by atoms with Crippen molar-refractivity contribution in [1.82, 2.24) is 5.32 Å². The molecule has 1 rings (SSSR count). The number of carbonyl (C=O) groups excluding carboxylic acids is 2. The van der Waals surface area contributed by atoms with Crippen molar-refractivity contribution in [2.75, 3.05) is 37.9 Å². The van der Waals surface area contributed by atoms with Crippen molar-refractivity contribution in [2.24, 2.45) is 5.92 Å². The number of amides is 1. The second kappa shape index (κ2) is 7.52. The van der Waals surface area contributed by atoms with Gasteiger partial charge in [-0.3, -0.25) is 4.79 Å². The molecule has 1 amide bonds. The lowest BCUT2D eigenvalue weighted by Crippen LogP contribution is -2.37. The van der Waals surface area contributed by atoms with Crippen molar-refractivity contribution >= 4 is 23.3 Å². The van der Waals surface area contributed by atoms with E-state index < -0.39 is 5.97 Å². The monoisotopic (exact) mass is 293 g/mol. The molecule has 0 radical (unpaired) electrons. The second-order valence-electron chi connectivity index (χ2n) is 5.32. The first kappa shape index (κ1) is 16.8. The van der Waals surface area contributed by atoms with Crippen LogP contribution in [0, 0.1) is 5.92 Å². The number of benzene rings is 1. The highest BCUT2D eigenvalue weighted by atomic mass is 16.5. The van der Waals surface area contributed by atoms with Crippen LogP contribution >= 0.6 is 0 Å². The van der Waals surface area contributed by atoms with Crippen molar-refractivity contribution in [1.29, 1.82) is 0 Å². The molecule has 6 nitrogen and oxygen atoms in total. The van der Waals surface area contributed by atoms with Gasteiger partial charge < -0.3 is 20.7 Å². The van der Waals surface area contributed by atoms with Crippen molar-refractivity contribution in [3.8, 4) is 0 Å². The minimum atomic E-state index is -0.436. The van der Waals surface area contributed by atoms with Crippen LogP contribution in [0.25, 0.3) is 0 Å². The normalized spacial score (nSPS) is 10.3. The molecule has 0 saturated carbocycles. The number of ether oxygens (including phenoxy) is 1. The topological polar surface area (TPSA) is 84.7 Å². The summed E-state index contributed by atoms with van der Waals surface area (Å²) in [6.07, 6.45) is 0. The van der Waals surface area contributed by atoms with E-state index in [-0.39, 0.29) is 12.5 Å². The molecule has 1 aromatic rings. The van der Waals surface area contributed by atoms with Gasteiger partial charge in [0, 0.05) is 13.6 Å². The number of likely N-dealkylation sites (N-methyl/N-ethyl adjacent to an activating group) is 1. The number of hydrogen-bond donors (Lipinski definition) is 2. The van der Waals surface area contributed by atoms with Gasteiger partial charge in [-0.05, 0) is 24.1 Å². The Labute approximate surface area is 125 Å². The van der Waals surface area contributed by atoms with Gasteiger partial charge in [-0.25, -0.2) is 4.79 Å². The third kappa shape index (κ3) is 4.98. The first-order chi connectivity index (χ1) is 9.85. The van der Waals surface area contributed by atoms with Crippen LogP contribution in [0.15, 0.2) is 18.2 Å². The Hall–Kier alpha value is -2.24. The summed E-state index contributed by atoms with van der Waals surface area (Å²) in [7, 11) is 3.07. The van der Waals surface area contributed by atoms with E-state index in [0.717, 1.165) is 0 Å². The van der Waals surface area contributed by atoms with Crippen molar-refractivity contribution < 1.29 is 14.3 Å². The van der Waals surface area contributed by atoms with Crippen LogP contribution in [0.4, 0.5) is 11.4 Å². The predicted molar refractivity (Wildman–Crippen MR) is 83.3 cm³/mol. The summed E-state index contributed by atoms with van der Waals surface area (Å²) in [5.41, 5.74) is 7.43. The molecule has 0 unspecified atom stereocenters. The fraction of sp³-hybridized carbons (Fsp3) is 0.467. The lowest BCUT2D eigenvalue weighted by Gasteiger charge is -2.21. The van der Waals surface area contributed by atoms with E-state index >= 15 is 0 Å². The van der Waals surface area contributed by atoms with Crippen LogP contribution in [0.2, 0.25) is 0 Å². The van der Waals surface area contributed by atoms with Crippen LogP contribution in [-0.4, -0.2) is 39.1 Å². The maximum atomic E-state index is 11.8. The van der Waals surface area contributed by atoms with Gasteiger partial charge in [0.15, 0.2) is 0 Å². The maximum Gasteiger partial charge on any atom is 0.337 e. The van der Waals surface area contributed by atoms with Crippen molar-refractivity contribution in [3.63, 3.8) is 0 Å². The van der Waals surface area contributed by atoms with Gasteiger partial charge in [0.25, 0.3) is 0 Å². The molecule has 0 atom stereocenters. The molecular formula is C15H23N3O3. The first-order valence-corrected chi connectivity index (χ1v) is 6.80. The van der Waals surface area contributed by atoms with Gasteiger partial charge in [-0.2, -0.15) is 0 Å². The molecule has 0 spiro atoms. The third-order valence-corrected chi connectivity index (χ3v) is 2.95. The first-order valence-electron chi connectivity index (χ1n) is 6.80. The molecule has 21 heavy (non-hydrogen) atoms. The van der Waals surface area contributed by atoms with Gasteiger partial charge in [0.2, 0.25) is 5.91 Å². The molecule has 0 saturated heterocycles. The fourth-order valence-electron chi connectivity index (χ4n) is 1.79. The Bertz CT molecular complexity index is 515. The average molecular weight is 293 g/mol. The number of nitrogen functional groups attached to an aromatic ring is 1. The number of nitrogens with one attached hydrogen (secondary N) is 1. The predicted octanol–water partition coefficient (Wildman–Crippen LogP) is 1.26. The zero-order valence-corrected chi connectivity index (χ0v) is 13.0. The minimum Gasteiger partial charge on any atom is -0.465 e. The Balaban J connectivity index is 2.79. The molecule has 0 aliphatic carbocycles. The average Bonchev–Trinajstić information content (AvgIpc) is 2.44. The number of nitrogens with zero attached hydrogens (tertiary/aromatic N) is 1. The lowest BCUT2D eigenvalue weighted by molar-refractivity contribution is -0.119. The lowest BCUT2D eigenvalue weighted by atomic mass is 10.1. The Kier molecular flexibility index (Phi) is 6.02. The number of hydrogen-bond acceptors (Lipinski definition) is 5. The molecule has 0 aliphatic rings. The summed E-state index contributed by atoms with van der Waals surface area (Å²) < 4.78 is 4.68. The SMILES string of the molecule is COC(=O)c1ccc(N)c(N(C)CC(=O)NCC(C)C)c1. The minimum absolute atomic E-state index is 0.0888. The number of nitrogens with two attached hydrogens (primary N) is 1. The van der Waals surface area contributed by atoms with Gasteiger partial charge in [0.05, 0.1) is 30.6 Å². The third-order valence-electron chi connectivity index (χ3n) is 2.95. The smallest absolute Gasteiger partial charge is 0.337 e. The summed E-state index contributed by atoms with van der Waals surface area (Å²) >= 11 is 0. The highest BCUT2D eigenvalue weighted by Crippen LogP contribution is 2.23. The van der Waals surface area contributed by atoms with Crippen molar-refractivity contribution in [3.05, 3.63) is 23.8 Å². The van der Waals surface area contributed by atoms with Gasteiger partial charge in [0.1, 0.15) is 0 Å². The van der Waals surface area contributed by atoms with E-state index in [2.05, 4.69) is 10.1 Å². The van der Waals surface area contributed by atoms with Crippen LogP contribution in [-0.2, 0) is 9.53 Å². The van der Waals surface area contributed by atoms with E-state index in [4.69, 9.17) is 5.73 Å². The summed E-state index contributed by atoms with van der Waals surface area (Å²) in [5.74, 6) is -0.130. The van der Waals surface area contributed by atoms with E-state index in [1.807, 2.05) is 13.8 Å². The van der Waals surface area contributed by atoms with Crippen LogP contribution < -0.4 is 16.0 Å². The molecule has 116 valence electrons. The van der Waals surface area contributed by atoms with Crippen LogP contribution in [0.3, 0.4) is 0 Å². The van der Waals surface area contributed by atoms with Gasteiger partial charge in [-0.15, -0.1) is 0 Å². The number of anilines is 2. The Morgan fingerprint density at radius 1 is 1.38 bits per heavy atom. The molecule has 1 aromatic carbocycles. The van der Waals surface area contributed by atoms with E-state index in [0.29, 0.717) is 29.4 Å². The molecular weight excluding hydrogens is 270 g/mol. The van der Waals surface area contributed by atoms with Gasteiger partial charge in [-0.1, -0.05) is 13.8 Å². The highest BCUT2D eigenvalue weighted by molar-refractivity contribution is 5.92. The summed E-state index contributed by atoms with van der Waals surface area (Å²) in [5, 5.41) is 2.84.